The van der Waals surface area contributed by atoms with Crippen LogP contribution in [0.4, 0.5) is 0 Å². The second-order valence-electron chi connectivity index (χ2n) is 4.84. The molecule has 0 bridgehead atoms. The second kappa shape index (κ2) is 3.98. The lowest BCUT2D eigenvalue weighted by atomic mass is 9.56. The van der Waals surface area contributed by atoms with Crippen LogP contribution >= 0.6 is 0 Å². The summed E-state index contributed by atoms with van der Waals surface area (Å²) in [6, 6.07) is 0. The fourth-order valence-corrected chi connectivity index (χ4v) is 2.80. The first-order chi connectivity index (χ1) is 7.54. The van der Waals surface area contributed by atoms with Gasteiger partial charge in [-0.05, 0) is 25.7 Å². The molecule has 5 heteroatoms. The Labute approximate surface area is 94.4 Å². The van der Waals surface area contributed by atoms with Gasteiger partial charge in [0.2, 0.25) is 0 Å². The average Bonchev–Trinajstić information content (AvgIpc) is 2.16. The molecule has 16 heavy (non-hydrogen) atoms. The normalized spacial score (nSPS) is 43.8. The first-order valence-corrected chi connectivity index (χ1v) is 5.60. The van der Waals surface area contributed by atoms with Crippen molar-refractivity contribution >= 4 is 5.97 Å². The maximum Gasteiger partial charge on any atom is 0.312 e. The average molecular weight is 230 g/mol. The highest BCUT2D eigenvalue weighted by Crippen LogP contribution is 2.53. The lowest BCUT2D eigenvalue weighted by Gasteiger charge is -2.54. The van der Waals surface area contributed by atoms with E-state index in [-0.39, 0.29) is 12.7 Å². The van der Waals surface area contributed by atoms with Gasteiger partial charge in [-0.3, -0.25) is 4.79 Å². The zero-order valence-corrected chi connectivity index (χ0v) is 9.44. The van der Waals surface area contributed by atoms with Gasteiger partial charge in [0, 0.05) is 13.7 Å². The van der Waals surface area contributed by atoms with Gasteiger partial charge in [-0.1, -0.05) is 0 Å². The van der Waals surface area contributed by atoms with Gasteiger partial charge in [0.1, 0.15) is 11.0 Å². The number of hydrogen-bond donors (Lipinski definition) is 2. The highest BCUT2D eigenvalue weighted by atomic mass is 16.5. The van der Waals surface area contributed by atoms with Crippen LogP contribution in [0.25, 0.3) is 0 Å². The molecular formula is C11H18O5. The number of methoxy groups -OCH3 is 1. The van der Waals surface area contributed by atoms with Gasteiger partial charge < -0.3 is 19.7 Å². The summed E-state index contributed by atoms with van der Waals surface area (Å²) in [5, 5.41) is 19.8. The van der Waals surface area contributed by atoms with E-state index in [9.17, 15) is 15.0 Å². The molecule has 0 spiro atoms. The topological polar surface area (TPSA) is 76.0 Å². The summed E-state index contributed by atoms with van der Waals surface area (Å²) >= 11 is 0. The number of carboxylic acids is 1. The third kappa shape index (κ3) is 1.54. The largest absolute Gasteiger partial charge is 0.481 e. The van der Waals surface area contributed by atoms with Crippen molar-refractivity contribution in [2.75, 3.05) is 20.3 Å². The van der Waals surface area contributed by atoms with Crippen LogP contribution in [-0.2, 0) is 14.3 Å². The van der Waals surface area contributed by atoms with Crippen LogP contribution in [0, 0.1) is 5.41 Å². The van der Waals surface area contributed by atoms with E-state index >= 15 is 0 Å². The molecule has 2 fully saturated rings. The van der Waals surface area contributed by atoms with Gasteiger partial charge in [0.15, 0.2) is 0 Å². The highest BCUT2D eigenvalue weighted by Gasteiger charge is 2.63. The van der Waals surface area contributed by atoms with E-state index in [0.29, 0.717) is 32.3 Å². The SMILES string of the molecule is COC1CC(C(=O)O)(C2(O)CCCOC2)C1. The van der Waals surface area contributed by atoms with Crippen LogP contribution in [0.2, 0.25) is 0 Å². The smallest absolute Gasteiger partial charge is 0.312 e. The molecule has 1 saturated carbocycles. The summed E-state index contributed by atoms with van der Waals surface area (Å²) in [7, 11) is 1.57. The Kier molecular flexibility index (Phi) is 2.94. The molecule has 1 aliphatic carbocycles. The summed E-state index contributed by atoms with van der Waals surface area (Å²) in [6.45, 7) is 0.724. The van der Waals surface area contributed by atoms with Crippen molar-refractivity contribution in [2.45, 2.75) is 37.4 Å². The lowest BCUT2D eigenvalue weighted by Crippen LogP contribution is -2.65. The van der Waals surface area contributed by atoms with Gasteiger partial charge in [-0.2, -0.15) is 0 Å². The Morgan fingerprint density at radius 2 is 2.19 bits per heavy atom. The third-order valence-electron chi connectivity index (χ3n) is 4.01. The van der Waals surface area contributed by atoms with Crippen molar-refractivity contribution in [3.8, 4) is 0 Å². The molecule has 92 valence electrons. The van der Waals surface area contributed by atoms with Crippen molar-refractivity contribution in [3.63, 3.8) is 0 Å². The zero-order chi connectivity index (χ0) is 11.8. The van der Waals surface area contributed by atoms with E-state index in [1.165, 1.54) is 0 Å². The maximum absolute atomic E-state index is 11.4. The van der Waals surface area contributed by atoms with E-state index in [1.807, 2.05) is 0 Å². The number of hydrogen-bond acceptors (Lipinski definition) is 4. The van der Waals surface area contributed by atoms with E-state index in [0.717, 1.165) is 0 Å². The third-order valence-corrected chi connectivity index (χ3v) is 4.01. The molecule has 2 N–H and O–H groups in total. The molecule has 5 nitrogen and oxygen atoms in total. The van der Waals surface area contributed by atoms with Crippen LogP contribution < -0.4 is 0 Å². The minimum Gasteiger partial charge on any atom is -0.481 e. The Hall–Kier alpha value is -0.650. The lowest BCUT2D eigenvalue weighted by molar-refractivity contribution is -0.229. The Bertz CT molecular complexity index is 276. The Morgan fingerprint density at radius 3 is 2.62 bits per heavy atom. The fraction of sp³-hybridized carbons (Fsp3) is 0.909. The first-order valence-electron chi connectivity index (χ1n) is 5.60. The number of carboxylic acid groups (broad SMARTS) is 1. The molecule has 1 heterocycles. The van der Waals surface area contributed by atoms with Gasteiger partial charge in [0.05, 0.1) is 12.7 Å². The summed E-state index contributed by atoms with van der Waals surface area (Å²) < 4.78 is 10.3. The fourth-order valence-electron chi connectivity index (χ4n) is 2.80. The summed E-state index contributed by atoms with van der Waals surface area (Å²) in [4.78, 5) is 11.4. The minimum absolute atomic E-state index is 0.0537. The number of rotatable bonds is 3. The quantitative estimate of drug-likeness (QED) is 0.734. The highest BCUT2D eigenvalue weighted by molar-refractivity contribution is 5.78. The molecule has 0 aromatic carbocycles. The van der Waals surface area contributed by atoms with E-state index in [4.69, 9.17) is 9.47 Å². The molecule has 0 aromatic heterocycles. The Balaban J connectivity index is 2.17. The minimum atomic E-state index is -1.23. The molecule has 2 rings (SSSR count). The number of ether oxygens (including phenoxy) is 2. The summed E-state index contributed by atoms with van der Waals surface area (Å²) in [5.41, 5.74) is -2.31. The number of aliphatic hydroxyl groups is 1. The van der Waals surface area contributed by atoms with E-state index < -0.39 is 17.0 Å². The van der Waals surface area contributed by atoms with Crippen LogP contribution in [0.1, 0.15) is 25.7 Å². The van der Waals surface area contributed by atoms with Crippen molar-refractivity contribution in [1.82, 2.24) is 0 Å². The predicted molar refractivity (Wildman–Crippen MR) is 55.1 cm³/mol. The van der Waals surface area contributed by atoms with Crippen LogP contribution in [0.15, 0.2) is 0 Å². The van der Waals surface area contributed by atoms with Crippen molar-refractivity contribution < 1.29 is 24.5 Å². The van der Waals surface area contributed by atoms with Gasteiger partial charge in [0.25, 0.3) is 0 Å². The van der Waals surface area contributed by atoms with E-state index in [1.54, 1.807) is 7.11 Å². The molecule has 0 radical (unpaired) electrons. The molecule has 2 aliphatic rings. The van der Waals surface area contributed by atoms with Crippen LogP contribution in [0.3, 0.4) is 0 Å². The van der Waals surface area contributed by atoms with Crippen LogP contribution in [0.5, 0.6) is 0 Å². The second-order valence-corrected chi connectivity index (χ2v) is 4.84. The maximum atomic E-state index is 11.4. The van der Waals surface area contributed by atoms with Gasteiger partial charge in [-0.15, -0.1) is 0 Å². The number of aliphatic carboxylic acids is 1. The van der Waals surface area contributed by atoms with Crippen LogP contribution in [-0.4, -0.2) is 48.2 Å². The molecule has 0 amide bonds. The monoisotopic (exact) mass is 230 g/mol. The molecule has 1 unspecified atom stereocenters. The van der Waals surface area contributed by atoms with Crippen molar-refractivity contribution in [1.29, 1.82) is 0 Å². The molecule has 0 aromatic rings. The predicted octanol–water partition coefficient (Wildman–Crippen LogP) is 0.408. The van der Waals surface area contributed by atoms with Gasteiger partial charge in [-0.25, -0.2) is 0 Å². The summed E-state index contributed by atoms with van der Waals surface area (Å²) in [6.07, 6.45) is 1.90. The summed E-state index contributed by atoms with van der Waals surface area (Å²) in [5.74, 6) is -0.936. The van der Waals surface area contributed by atoms with Gasteiger partial charge >= 0.3 is 5.97 Å². The first kappa shape index (κ1) is 11.8. The molecule has 1 saturated heterocycles. The Morgan fingerprint density at radius 1 is 1.50 bits per heavy atom. The number of carbonyl (C=O) groups is 1. The van der Waals surface area contributed by atoms with E-state index in [2.05, 4.69) is 0 Å². The zero-order valence-electron chi connectivity index (χ0n) is 9.44. The van der Waals surface area contributed by atoms with Crippen molar-refractivity contribution in [3.05, 3.63) is 0 Å². The molecule has 1 atom stereocenters. The van der Waals surface area contributed by atoms with Crippen molar-refractivity contribution in [2.24, 2.45) is 5.41 Å². The molecule has 1 aliphatic heterocycles. The standard InChI is InChI=1S/C11H18O5/c1-15-8-5-10(6-8,9(12)13)11(14)3-2-4-16-7-11/h8,14H,2-7H2,1H3,(H,12,13). The molecular weight excluding hydrogens is 212 g/mol.